The van der Waals surface area contributed by atoms with Crippen molar-refractivity contribution in [2.45, 2.75) is 26.4 Å². The number of hydrogen-bond donors (Lipinski definition) is 1. The van der Waals surface area contributed by atoms with E-state index in [1.807, 2.05) is 4.57 Å². The lowest BCUT2D eigenvalue weighted by molar-refractivity contribution is 0.714. The largest absolute Gasteiger partial charge is 0.355 e. The summed E-state index contributed by atoms with van der Waals surface area (Å²) >= 11 is 0. The summed E-state index contributed by atoms with van der Waals surface area (Å²) in [6, 6.07) is 7.72. The molecule has 9 nitrogen and oxygen atoms in total. The van der Waals surface area contributed by atoms with E-state index in [1.165, 1.54) is 10.9 Å². The van der Waals surface area contributed by atoms with Crippen LogP contribution in [0.5, 0.6) is 0 Å². The van der Waals surface area contributed by atoms with Gasteiger partial charge in [0.15, 0.2) is 0 Å². The van der Waals surface area contributed by atoms with E-state index >= 15 is 0 Å². The normalized spacial score (nSPS) is 13.2. The highest BCUT2D eigenvalue weighted by Gasteiger charge is 2.26. The van der Waals surface area contributed by atoms with E-state index in [9.17, 15) is 15.3 Å². The Balaban J connectivity index is 0.00000306. The highest BCUT2D eigenvalue weighted by atomic mass is 35.5. The van der Waals surface area contributed by atoms with Crippen molar-refractivity contribution in [1.29, 1.82) is 10.5 Å². The van der Waals surface area contributed by atoms with Crippen LogP contribution in [0, 0.1) is 34.5 Å². The molecule has 1 saturated heterocycles. The van der Waals surface area contributed by atoms with Crippen LogP contribution in [-0.4, -0.2) is 45.3 Å². The van der Waals surface area contributed by atoms with Gasteiger partial charge in [0.05, 0.1) is 30.7 Å². The second-order valence-corrected chi connectivity index (χ2v) is 7.40. The number of halogens is 1. The van der Waals surface area contributed by atoms with Gasteiger partial charge in [-0.3, -0.25) is 14.3 Å². The number of hydrogen-bond acceptors (Lipinski definition) is 7. The molecule has 0 bridgehead atoms. The van der Waals surface area contributed by atoms with Gasteiger partial charge >= 0.3 is 0 Å². The lowest BCUT2D eigenvalue weighted by Gasteiger charge is -2.24. The van der Waals surface area contributed by atoms with E-state index in [0.29, 0.717) is 33.7 Å². The predicted molar refractivity (Wildman–Crippen MR) is 127 cm³/mol. The molecule has 33 heavy (non-hydrogen) atoms. The van der Waals surface area contributed by atoms with Gasteiger partial charge in [0, 0.05) is 25.8 Å². The summed E-state index contributed by atoms with van der Waals surface area (Å²) in [6.07, 6.45) is 3.94. The number of aromatic nitrogens is 4. The van der Waals surface area contributed by atoms with Crippen LogP contribution in [0.15, 0.2) is 29.5 Å². The van der Waals surface area contributed by atoms with Gasteiger partial charge < -0.3 is 14.8 Å². The summed E-state index contributed by atoms with van der Waals surface area (Å²) in [5.74, 6) is 6.60. The Labute approximate surface area is 197 Å². The molecule has 0 aliphatic carbocycles. The van der Waals surface area contributed by atoms with Crippen molar-refractivity contribution in [1.82, 2.24) is 24.4 Å². The minimum Gasteiger partial charge on any atom is -0.355 e. The molecule has 0 radical (unpaired) electrons. The fraction of sp³-hybridized carbons (Fsp3) is 0.348. The molecule has 4 rings (SSSR count). The molecule has 4 heterocycles. The maximum atomic E-state index is 13.6. The zero-order chi connectivity index (χ0) is 22.5. The van der Waals surface area contributed by atoms with Gasteiger partial charge in [-0.1, -0.05) is 5.92 Å². The highest BCUT2D eigenvalue weighted by molar-refractivity contribution is 5.89. The van der Waals surface area contributed by atoms with Crippen molar-refractivity contribution >= 4 is 29.3 Å². The van der Waals surface area contributed by atoms with E-state index in [1.54, 1.807) is 25.3 Å². The van der Waals surface area contributed by atoms with E-state index < -0.39 is 0 Å². The van der Waals surface area contributed by atoms with Crippen LogP contribution in [-0.2, 0) is 13.1 Å². The predicted octanol–water partition coefficient (Wildman–Crippen LogP) is 1.63. The van der Waals surface area contributed by atoms with Crippen LogP contribution in [0.4, 0.5) is 5.82 Å². The van der Waals surface area contributed by atoms with Crippen molar-refractivity contribution < 1.29 is 0 Å². The van der Waals surface area contributed by atoms with Crippen LogP contribution in [0.2, 0.25) is 0 Å². The summed E-state index contributed by atoms with van der Waals surface area (Å²) < 4.78 is 3.24. The standard InChI is InChI=1S/C23H22N8O.ClH/c1-2-3-11-31-21-20(18(14-25)22(31)29-10-5-7-26-9-12-29)28-16-30(23(21)32)15-19-17(13-24)6-4-8-27-19;/h4,6,8,16,26H,5,7,9-12,15H2,1H3;1H. The number of nitriles is 2. The van der Waals surface area contributed by atoms with Crippen LogP contribution < -0.4 is 15.8 Å². The summed E-state index contributed by atoms with van der Waals surface area (Å²) in [5, 5.41) is 22.7. The van der Waals surface area contributed by atoms with E-state index in [2.05, 4.69) is 44.2 Å². The Kier molecular flexibility index (Phi) is 7.69. The van der Waals surface area contributed by atoms with E-state index in [0.717, 1.165) is 32.6 Å². The summed E-state index contributed by atoms with van der Waals surface area (Å²) in [6.45, 7) is 5.32. The van der Waals surface area contributed by atoms with Crippen LogP contribution >= 0.6 is 12.4 Å². The Morgan fingerprint density at radius 1 is 1.18 bits per heavy atom. The number of anilines is 1. The van der Waals surface area contributed by atoms with Crippen molar-refractivity contribution in [2.24, 2.45) is 0 Å². The van der Waals surface area contributed by atoms with Gasteiger partial charge in [-0.25, -0.2) is 4.98 Å². The molecule has 1 aliphatic rings. The number of rotatable bonds is 4. The first-order chi connectivity index (χ1) is 15.7. The third-order valence-electron chi connectivity index (χ3n) is 5.50. The monoisotopic (exact) mass is 462 g/mol. The fourth-order valence-corrected chi connectivity index (χ4v) is 3.99. The maximum Gasteiger partial charge on any atom is 0.278 e. The van der Waals surface area contributed by atoms with Crippen LogP contribution in [0.1, 0.15) is 30.2 Å². The number of pyridine rings is 1. The summed E-state index contributed by atoms with van der Waals surface area (Å²) in [4.78, 5) is 24.4. The molecule has 0 atom stereocenters. The molecule has 1 N–H and O–H groups in total. The minimum atomic E-state index is -0.293. The molecule has 1 aliphatic heterocycles. The summed E-state index contributed by atoms with van der Waals surface area (Å²) in [5.41, 5.74) is 1.71. The van der Waals surface area contributed by atoms with E-state index in [4.69, 9.17) is 0 Å². The molecule has 0 saturated carbocycles. The molecular weight excluding hydrogens is 440 g/mol. The van der Waals surface area contributed by atoms with Gasteiger partial charge in [-0.2, -0.15) is 10.5 Å². The third kappa shape index (κ3) is 4.54. The summed E-state index contributed by atoms with van der Waals surface area (Å²) in [7, 11) is 0. The second-order valence-electron chi connectivity index (χ2n) is 7.40. The smallest absolute Gasteiger partial charge is 0.278 e. The molecule has 1 fully saturated rings. The molecular formula is C23H23ClN8O. The molecule has 0 amide bonds. The second kappa shape index (κ2) is 10.7. The Morgan fingerprint density at radius 3 is 2.79 bits per heavy atom. The quantitative estimate of drug-likeness (QED) is 0.586. The van der Waals surface area contributed by atoms with Crippen LogP contribution in [0.25, 0.3) is 11.0 Å². The molecule has 168 valence electrons. The SMILES string of the molecule is CC#CCn1c(N2CCCNCC2)c(C#N)c2ncn(Cc3ncccc3C#N)c(=O)c21.Cl. The average molecular weight is 463 g/mol. The van der Waals surface area contributed by atoms with Crippen molar-refractivity contribution in [2.75, 3.05) is 31.1 Å². The highest BCUT2D eigenvalue weighted by Crippen LogP contribution is 2.30. The Bertz CT molecular complexity index is 1360. The van der Waals surface area contributed by atoms with Gasteiger partial charge in [0.2, 0.25) is 0 Å². The van der Waals surface area contributed by atoms with Gasteiger partial charge in [0.25, 0.3) is 5.56 Å². The van der Waals surface area contributed by atoms with Gasteiger partial charge in [-0.15, -0.1) is 18.3 Å². The number of nitrogens with zero attached hydrogens (tertiary/aromatic N) is 7. The first-order valence-corrected chi connectivity index (χ1v) is 10.4. The molecule has 3 aromatic rings. The Hall–Kier alpha value is -3.84. The molecule has 0 spiro atoms. The number of nitrogens with one attached hydrogen (secondary N) is 1. The number of fused-ring (bicyclic) bond motifs is 1. The lowest BCUT2D eigenvalue weighted by atomic mass is 10.2. The third-order valence-corrected chi connectivity index (χ3v) is 5.50. The maximum absolute atomic E-state index is 13.6. The lowest BCUT2D eigenvalue weighted by Crippen LogP contribution is -2.31. The first kappa shape index (κ1) is 23.8. The molecule has 0 unspecified atom stereocenters. The average Bonchev–Trinajstić information content (AvgIpc) is 2.94. The van der Waals surface area contributed by atoms with Crippen LogP contribution in [0.3, 0.4) is 0 Å². The molecule has 3 aromatic heterocycles. The van der Waals surface area contributed by atoms with Crippen molar-refractivity contribution in [3.8, 4) is 24.0 Å². The molecule has 0 aromatic carbocycles. The zero-order valence-corrected chi connectivity index (χ0v) is 19.0. The fourth-order valence-electron chi connectivity index (χ4n) is 3.99. The minimum absolute atomic E-state index is 0. The van der Waals surface area contributed by atoms with E-state index in [-0.39, 0.29) is 31.1 Å². The van der Waals surface area contributed by atoms with Gasteiger partial charge in [-0.05, 0) is 32.0 Å². The van der Waals surface area contributed by atoms with Crippen molar-refractivity contribution in [3.05, 3.63) is 51.8 Å². The Morgan fingerprint density at radius 2 is 2.03 bits per heavy atom. The zero-order valence-electron chi connectivity index (χ0n) is 18.2. The first-order valence-electron chi connectivity index (χ1n) is 10.4. The van der Waals surface area contributed by atoms with Crippen molar-refractivity contribution in [3.63, 3.8) is 0 Å². The molecule has 10 heteroatoms. The topological polar surface area (TPSA) is 116 Å². The van der Waals surface area contributed by atoms with Gasteiger partial charge in [0.1, 0.15) is 34.6 Å².